The van der Waals surface area contributed by atoms with Gasteiger partial charge in [0.05, 0.1) is 5.41 Å². The summed E-state index contributed by atoms with van der Waals surface area (Å²) in [6, 6.07) is 0. The third kappa shape index (κ3) is 1.79. The number of carbonyl (C=O) groups is 1. The first kappa shape index (κ1) is 9.56. The van der Waals surface area contributed by atoms with Gasteiger partial charge in [0, 0.05) is 0 Å². The molecule has 1 saturated carbocycles. The van der Waals surface area contributed by atoms with E-state index in [0.717, 1.165) is 12.8 Å². The van der Waals surface area contributed by atoms with Gasteiger partial charge >= 0.3 is 5.97 Å². The molecule has 0 radical (unpaired) electrons. The van der Waals surface area contributed by atoms with Gasteiger partial charge in [-0.1, -0.05) is 26.2 Å². The molecule has 1 atom stereocenters. The summed E-state index contributed by atoms with van der Waals surface area (Å²) in [5.74, 6) is 0.0583. The lowest BCUT2D eigenvalue weighted by atomic mass is 9.71. The zero-order valence-corrected chi connectivity index (χ0v) is 7.97. The predicted molar refractivity (Wildman–Crippen MR) is 48.0 cm³/mol. The molecule has 1 aliphatic carbocycles. The van der Waals surface area contributed by atoms with Crippen molar-refractivity contribution in [1.82, 2.24) is 0 Å². The molecule has 0 amide bonds. The molecule has 1 aliphatic rings. The zero-order valence-electron chi connectivity index (χ0n) is 7.97. The van der Waals surface area contributed by atoms with Crippen molar-refractivity contribution in [3.63, 3.8) is 0 Å². The topological polar surface area (TPSA) is 37.3 Å². The molecular formula is C10H18O2. The Bertz CT molecular complexity index is 173. The van der Waals surface area contributed by atoms with Crippen LogP contribution < -0.4 is 0 Å². The smallest absolute Gasteiger partial charge is 0.309 e. The van der Waals surface area contributed by atoms with Crippen molar-refractivity contribution in [1.29, 1.82) is 0 Å². The average molecular weight is 170 g/mol. The molecule has 0 spiro atoms. The highest BCUT2D eigenvalue weighted by atomic mass is 16.4. The second kappa shape index (κ2) is 3.46. The fraction of sp³-hybridized carbons (Fsp3) is 0.900. The molecule has 12 heavy (non-hydrogen) atoms. The van der Waals surface area contributed by atoms with Crippen molar-refractivity contribution in [2.75, 3.05) is 0 Å². The Labute approximate surface area is 74.0 Å². The lowest BCUT2D eigenvalue weighted by molar-refractivity contribution is -0.149. The molecule has 0 aromatic rings. The van der Waals surface area contributed by atoms with Gasteiger partial charge in [0.15, 0.2) is 0 Å². The third-order valence-electron chi connectivity index (χ3n) is 3.26. The second-order valence-electron chi connectivity index (χ2n) is 4.22. The minimum Gasteiger partial charge on any atom is -0.481 e. The molecule has 1 fully saturated rings. The van der Waals surface area contributed by atoms with Crippen molar-refractivity contribution in [3.8, 4) is 0 Å². The minimum atomic E-state index is -0.628. The first-order valence-electron chi connectivity index (χ1n) is 4.82. The third-order valence-corrected chi connectivity index (χ3v) is 3.26. The van der Waals surface area contributed by atoms with Crippen molar-refractivity contribution < 1.29 is 9.90 Å². The van der Waals surface area contributed by atoms with E-state index in [1.807, 2.05) is 13.8 Å². The van der Waals surface area contributed by atoms with Crippen LogP contribution in [0.15, 0.2) is 0 Å². The molecule has 2 heteroatoms. The molecule has 0 aliphatic heterocycles. The fourth-order valence-electron chi connectivity index (χ4n) is 1.72. The quantitative estimate of drug-likeness (QED) is 0.704. The van der Waals surface area contributed by atoms with E-state index in [-0.39, 0.29) is 0 Å². The summed E-state index contributed by atoms with van der Waals surface area (Å²) >= 11 is 0. The van der Waals surface area contributed by atoms with Gasteiger partial charge in [-0.15, -0.1) is 0 Å². The summed E-state index contributed by atoms with van der Waals surface area (Å²) in [5, 5.41) is 9.00. The van der Waals surface area contributed by atoms with Crippen LogP contribution in [-0.4, -0.2) is 11.1 Å². The Hall–Kier alpha value is -0.530. The number of carboxylic acid groups (broad SMARTS) is 1. The molecule has 0 aromatic heterocycles. The number of carboxylic acids is 1. The van der Waals surface area contributed by atoms with Crippen molar-refractivity contribution in [3.05, 3.63) is 0 Å². The molecule has 2 nitrogen and oxygen atoms in total. The maximum absolute atomic E-state index is 10.9. The Balaban J connectivity index is 2.47. The number of hydrogen-bond donors (Lipinski definition) is 1. The van der Waals surface area contributed by atoms with E-state index in [1.165, 1.54) is 19.3 Å². The van der Waals surface area contributed by atoms with E-state index < -0.39 is 11.4 Å². The van der Waals surface area contributed by atoms with Crippen molar-refractivity contribution in [2.24, 2.45) is 11.3 Å². The fourth-order valence-corrected chi connectivity index (χ4v) is 1.72. The van der Waals surface area contributed by atoms with Crippen LogP contribution in [0.1, 0.15) is 46.0 Å². The Morgan fingerprint density at radius 1 is 1.58 bits per heavy atom. The highest BCUT2D eigenvalue weighted by Gasteiger charge is 2.35. The minimum absolute atomic E-state index is 0.467. The van der Waals surface area contributed by atoms with Crippen LogP contribution in [-0.2, 0) is 4.79 Å². The van der Waals surface area contributed by atoms with E-state index in [9.17, 15) is 4.79 Å². The Morgan fingerprint density at radius 3 is 2.42 bits per heavy atom. The molecule has 1 unspecified atom stereocenters. The van der Waals surface area contributed by atoms with E-state index >= 15 is 0 Å². The van der Waals surface area contributed by atoms with Gasteiger partial charge in [-0.2, -0.15) is 0 Å². The van der Waals surface area contributed by atoms with E-state index in [4.69, 9.17) is 5.11 Å². The molecule has 0 saturated heterocycles. The summed E-state index contributed by atoms with van der Waals surface area (Å²) in [6.45, 7) is 3.83. The summed E-state index contributed by atoms with van der Waals surface area (Å²) in [4.78, 5) is 10.9. The summed E-state index contributed by atoms with van der Waals surface area (Å²) in [7, 11) is 0. The van der Waals surface area contributed by atoms with E-state index in [0.29, 0.717) is 5.92 Å². The monoisotopic (exact) mass is 170 g/mol. The molecular weight excluding hydrogens is 152 g/mol. The Kier molecular flexibility index (Phi) is 2.76. The molecule has 1 rings (SSSR count). The van der Waals surface area contributed by atoms with E-state index in [1.54, 1.807) is 0 Å². The summed E-state index contributed by atoms with van der Waals surface area (Å²) < 4.78 is 0. The maximum atomic E-state index is 10.9. The normalized spacial score (nSPS) is 22.8. The standard InChI is InChI=1S/C10H18O2/c1-3-10(2,9(11)12)7-8-5-4-6-8/h8H,3-7H2,1-2H3,(H,11,12). The van der Waals surface area contributed by atoms with Crippen LogP contribution in [0.5, 0.6) is 0 Å². The lowest BCUT2D eigenvalue weighted by Gasteiger charge is -2.33. The van der Waals surface area contributed by atoms with Crippen LogP contribution in [0.2, 0.25) is 0 Å². The van der Waals surface area contributed by atoms with Gasteiger partial charge in [-0.25, -0.2) is 0 Å². The van der Waals surface area contributed by atoms with Gasteiger partial charge in [0.2, 0.25) is 0 Å². The lowest BCUT2D eigenvalue weighted by Crippen LogP contribution is -2.31. The van der Waals surface area contributed by atoms with Gasteiger partial charge < -0.3 is 5.11 Å². The van der Waals surface area contributed by atoms with Crippen LogP contribution >= 0.6 is 0 Å². The summed E-state index contributed by atoms with van der Waals surface area (Å²) in [6.07, 6.45) is 5.40. The van der Waals surface area contributed by atoms with Crippen LogP contribution in [0.25, 0.3) is 0 Å². The molecule has 0 aromatic carbocycles. The van der Waals surface area contributed by atoms with Gasteiger partial charge in [-0.05, 0) is 25.7 Å². The van der Waals surface area contributed by atoms with Crippen molar-refractivity contribution in [2.45, 2.75) is 46.0 Å². The van der Waals surface area contributed by atoms with E-state index in [2.05, 4.69) is 0 Å². The molecule has 1 N–H and O–H groups in total. The SMILES string of the molecule is CCC(C)(CC1CCC1)C(=O)O. The van der Waals surface area contributed by atoms with Gasteiger partial charge in [0.1, 0.15) is 0 Å². The predicted octanol–water partition coefficient (Wildman–Crippen LogP) is 2.68. The first-order chi connectivity index (χ1) is 5.58. The molecule has 70 valence electrons. The summed E-state index contributed by atoms with van der Waals surface area (Å²) in [5.41, 5.74) is -0.467. The average Bonchev–Trinajstić information content (AvgIpc) is 1.96. The zero-order chi connectivity index (χ0) is 9.19. The largest absolute Gasteiger partial charge is 0.481 e. The van der Waals surface area contributed by atoms with Crippen LogP contribution in [0.4, 0.5) is 0 Å². The number of hydrogen-bond acceptors (Lipinski definition) is 1. The first-order valence-corrected chi connectivity index (χ1v) is 4.82. The Morgan fingerprint density at radius 2 is 2.17 bits per heavy atom. The van der Waals surface area contributed by atoms with Crippen molar-refractivity contribution >= 4 is 5.97 Å². The highest BCUT2D eigenvalue weighted by Crippen LogP contribution is 2.39. The van der Waals surface area contributed by atoms with Gasteiger partial charge in [0.25, 0.3) is 0 Å². The molecule has 0 bridgehead atoms. The maximum Gasteiger partial charge on any atom is 0.309 e. The molecule has 0 heterocycles. The second-order valence-corrected chi connectivity index (χ2v) is 4.22. The highest BCUT2D eigenvalue weighted by molar-refractivity contribution is 5.74. The van der Waals surface area contributed by atoms with Crippen LogP contribution in [0, 0.1) is 11.3 Å². The number of aliphatic carboxylic acids is 1. The number of rotatable bonds is 4. The van der Waals surface area contributed by atoms with Gasteiger partial charge in [-0.3, -0.25) is 4.79 Å². The van der Waals surface area contributed by atoms with Crippen LogP contribution in [0.3, 0.4) is 0 Å².